The summed E-state index contributed by atoms with van der Waals surface area (Å²) in [6.45, 7) is 4.19. The Morgan fingerprint density at radius 2 is 1.90 bits per heavy atom. The van der Waals surface area contributed by atoms with E-state index in [1.54, 1.807) is 13.0 Å². The molecule has 9 atom stereocenters. The first-order valence-electron chi connectivity index (χ1n) is 10.8. The van der Waals surface area contributed by atoms with Gasteiger partial charge in [0.2, 0.25) is 5.78 Å². The van der Waals surface area contributed by atoms with E-state index in [0.29, 0.717) is 12.0 Å². The molecule has 0 aromatic rings. The number of esters is 1. The van der Waals surface area contributed by atoms with E-state index in [1.165, 1.54) is 19.1 Å². The van der Waals surface area contributed by atoms with Crippen LogP contribution >= 0.6 is 0 Å². The minimum Gasteiger partial charge on any atom is -0.458 e. The fourth-order valence-corrected chi connectivity index (χ4v) is 7.09. The van der Waals surface area contributed by atoms with Crippen molar-refractivity contribution < 1.29 is 39.5 Å². The lowest BCUT2D eigenvalue weighted by Gasteiger charge is -2.61. The Labute approximate surface area is 180 Å². The Kier molecular flexibility index (Phi) is 5.09. The molecule has 0 bridgehead atoms. The van der Waals surface area contributed by atoms with Gasteiger partial charge in [-0.05, 0) is 48.8 Å². The highest BCUT2D eigenvalue weighted by Crippen LogP contribution is 2.67. The van der Waals surface area contributed by atoms with E-state index >= 15 is 0 Å². The predicted octanol–water partition coefficient (Wildman–Crippen LogP) is 0.0700. The molecule has 170 valence electrons. The van der Waals surface area contributed by atoms with E-state index in [0.717, 1.165) is 0 Å². The molecule has 8 heteroatoms. The number of ketones is 2. The number of rotatable bonds is 3. The summed E-state index contributed by atoms with van der Waals surface area (Å²) in [4.78, 5) is 36.0. The van der Waals surface area contributed by atoms with E-state index < -0.39 is 64.9 Å². The van der Waals surface area contributed by atoms with Gasteiger partial charge in [-0.1, -0.05) is 19.9 Å². The van der Waals surface area contributed by atoms with E-state index in [4.69, 9.17) is 4.74 Å². The largest absolute Gasteiger partial charge is 0.458 e. The highest BCUT2D eigenvalue weighted by atomic mass is 16.5. The molecule has 0 aromatic carbocycles. The van der Waals surface area contributed by atoms with Crippen LogP contribution in [0.1, 0.15) is 40.0 Å². The molecule has 4 N–H and O–H groups in total. The maximum Gasteiger partial charge on any atom is 0.303 e. The number of hydrogen-bond acceptors (Lipinski definition) is 8. The van der Waals surface area contributed by atoms with Crippen LogP contribution in [0.15, 0.2) is 23.8 Å². The zero-order chi connectivity index (χ0) is 22.9. The van der Waals surface area contributed by atoms with Crippen LogP contribution in [0.4, 0.5) is 0 Å². The van der Waals surface area contributed by atoms with Crippen LogP contribution in [0.25, 0.3) is 0 Å². The number of carbonyl (C=O) groups is 3. The minimum absolute atomic E-state index is 0.106. The SMILES string of the molecule is CC(=O)OCC(=O)[C@@]1(O)CC[C@H]2[C@@H]3C(O)C(O)C4=CC(=O)C=C[C@]4(C)[C@H]3C(O)C[C@@]21C. The number of fused-ring (bicyclic) bond motifs is 5. The monoisotopic (exact) mass is 434 g/mol. The van der Waals surface area contributed by atoms with Gasteiger partial charge in [0.05, 0.1) is 12.2 Å². The molecule has 3 fully saturated rings. The van der Waals surface area contributed by atoms with Crippen molar-refractivity contribution in [2.45, 2.75) is 63.9 Å². The third-order valence-electron chi connectivity index (χ3n) is 8.62. The summed E-state index contributed by atoms with van der Waals surface area (Å²) < 4.78 is 4.83. The summed E-state index contributed by atoms with van der Waals surface area (Å²) in [5.74, 6) is -2.99. The van der Waals surface area contributed by atoms with Crippen molar-refractivity contribution in [3.05, 3.63) is 23.8 Å². The maximum absolute atomic E-state index is 12.9. The van der Waals surface area contributed by atoms with Crippen LogP contribution in [0.2, 0.25) is 0 Å². The Balaban J connectivity index is 1.74. The molecule has 0 saturated heterocycles. The highest BCUT2D eigenvalue weighted by Gasteiger charge is 2.70. The van der Waals surface area contributed by atoms with Gasteiger partial charge in [-0.15, -0.1) is 0 Å². The minimum atomic E-state index is -1.82. The molecule has 8 nitrogen and oxygen atoms in total. The van der Waals surface area contributed by atoms with Crippen LogP contribution in [-0.4, -0.2) is 68.5 Å². The molecule has 4 aliphatic carbocycles. The number of carbonyl (C=O) groups excluding carboxylic acids is 3. The van der Waals surface area contributed by atoms with E-state index in [-0.39, 0.29) is 24.5 Å². The van der Waals surface area contributed by atoms with Crippen LogP contribution in [0.5, 0.6) is 0 Å². The second-order valence-corrected chi connectivity index (χ2v) is 10.1. The first-order valence-corrected chi connectivity index (χ1v) is 10.8. The molecule has 0 amide bonds. The quantitative estimate of drug-likeness (QED) is 0.457. The standard InChI is InChI=1S/C23H30O8/c1-11(24)31-10-16(27)23(30)7-5-13-17-18(15(26)9-22(13,23)3)21(2)6-4-12(25)8-14(21)19(28)20(17)29/h4,6,8,13,15,17-20,26,28-30H,5,7,9-10H2,1-3H3/t13-,15?,17-,18-,19?,20?,21-,22-,23-/m0/s1. The number of hydrogen-bond donors (Lipinski definition) is 4. The first kappa shape index (κ1) is 22.3. The number of aliphatic hydroxyl groups is 4. The van der Waals surface area contributed by atoms with E-state index in [1.807, 2.05) is 6.92 Å². The zero-order valence-electron chi connectivity index (χ0n) is 17.9. The van der Waals surface area contributed by atoms with Crippen LogP contribution in [0, 0.1) is 28.6 Å². The molecular weight excluding hydrogens is 404 g/mol. The molecular formula is C23H30O8. The van der Waals surface area contributed by atoms with Crippen molar-refractivity contribution in [1.29, 1.82) is 0 Å². The Morgan fingerprint density at radius 1 is 1.23 bits per heavy atom. The van der Waals surface area contributed by atoms with Crippen molar-refractivity contribution in [1.82, 2.24) is 0 Å². The lowest BCUT2D eigenvalue weighted by molar-refractivity contribution is -0.204. The summed E-state index contributed by atoms with van der Waals surface area (Å²) in [5, 5.41) is 44.7. The van der Waals surface area contributed by atoms with Gasteiger partial charge >= 0.3 is 5.97 Å². The van der Waals surface area contributed by atoms with Gasteiger partial charge < -0.3 is 25.2 Å². The second-order valence-electron chi connectivity index (χ2n) is 10.1. The Hall–Kier alpha value is -1.87. The average molecular weight is 434 g/mol. The lowest BCUT2D eigenvalue weighted by Crippen LogP contribution is -2.66. The summed E-state index contributed by atoms with van der Waals surface area (Å²) in [6, 6.07) is 0. The van der Waals surface area contributed by atoms with Crippen molar-refractivity contribution in [2.24, 2.45) is 28.6 Å². The van der Waals surface area contributed by atoms with Crippen LogP contribution < -0.4 is 0 Å². The Morgan fingerprint density at radius 3 is 2.55 bits per heavy atom. The smallest absolute Gasteiger partial charge is 0.303 e. The molecule has 4 rings (SSSR count). The topological polar surface area (TPSA) is 141 Å². The molecule has 0 heterocycles. The van der Waals surface area contributed by atoms with Gasteiger partial charge in [0, 0.05) is 23.7 Å². The van der Waals surface area contributed by atoms with Gasteiger partial charge in [-0.2, -0.15) is 0 Å². The van der Waals surface area contributed by atoms with Crippen molar-refractivity contribution in [3.63, 3.8) is 0 Å². The zero-order valence-corrected chi connectivity index (χ0v) is 17.9. The molecule has 0 aliphatic heterocycles. The van der Waals surface area contributed by atoms with Gasteiger partial charge in [-0.25, -0.2) is 0 Å². The predicted molar refractivity (Wildman–Crippen MR) is 107 cm³/mol. The van der Waals surface area contributed by atoms with E-state index in [2.05, 4.69) is 0 Å². The number of allylic oxidation sites excluding steroid dienone is 3. The first-order chi connectivity index (χ1) is 14.4. The molecule has 31 heavy (non-hydrogen) atoms. The fourth-order valence-electron chi connectivity index (χ4n) is 7.09. The molecule has 3 saturated carbocycles. The number of Topliss-reactive ketones (excluding diaryl/α,β-unsaturated/α-hetero) is 1. The van der Waals surface area contributed by atoms with Crippen molar-refractivity contribution in [2.75, 3.05) is 6.61 Å². The number of aliphatic hydroxyl groups excluding tert-OH is 3. The molecule has 3 unspecified atom stereocenters. The summed E-state index contributed by atoms with van der Waals surface area (Å²) in [5.41, 5.74) is -3.34. The third kappa shape index (κ3) is 2.92. The fraction of sp³-hybridized carbons (Fsp3) is 0.696. The molecule has 0 spiro atoms. The van der Waals surface area contributed by atoms with E-state index in [9.17, 15) is 34.8 Å². The summed E-state index contributed by atoms with van der Waals surface area (Å²) in [6.07, 6.45) is 1.52. The third-order valence-corrected chi connectivity index (χ3v) is 8.62. The maximum atomic E-state index is 12.9. The molecule has 0 radical (unpaired) electrons. The van der Waals surface area contributed by atoms with Gasteiger partial charge in [0.25, 0.3) is 0 Å². The van der Waals surface area contributed by atoms with Crippen LogP contribution in [0.3, 0.4) is 0 Å². The highest BCUT2D eigenvalue weighted by molar-refractivity contribution is 6.01. The van der Waals surface area contributed by atoms with Crippen molar-refractivity contribution in [3.8, 4) is 0 Å². The summed E-state index contributed by atoms with van der Waals surface area (Å²) in [7, 11) is 0. The molecule has 0 aromatic heterocycles. The Bertz CT molecular complexity index is 892. The second kappa shape index (κ2) is 7.07. The lowest BCUT2D eigenvalue weighted by atomic mass is 9.45. The average Bonchev–Trinajstić information content (AvgIpc) is 2.96. The number of ether oxygens (including phenoxy) is 1. The van der Waals surface area contributed by atoms with Crippen molar-refractivity contribution >= 4 is 17.5 Å². The van der Waals surface area contributed by atoms with Gasteiger partial charge in [0.15, 0.2) is 12.4 Å². The van der Waals surface area contributed by atoms with Crippen LogP contribution in [-0.2, 0) is 19.1 Å². The summed E-state index contributed by atoms with van der Waals surface area (Å²) >= 11 is 0. The van der Waals surface area contributed by atoms with Gasteiger partial charge in [0.1, 0.15) is 11.7 Å². The normalized spacial score (nSPS) is 48.4. The van der Waals surface area contributed by atoms with Gasteiger partial charge in [-0.3, -0.25) is 14.4 Å². The molecule has 4 aliphatic rings.